The highest BCUT2D eigenvalue weighted by molar-refractivity contribution is 6.32. The predicted molar refractivity (Wildman–Crippen MR) is 155 cm³/mol. The first kappa shape index (κ1) is 27.4. The first-order valence-electron chi connectivity index (χ1n) is 12.7. The molecule has 204 valence electrons. The maximum absolute atomic E-state index is 13.8. The minimum absolute atomic E-state index is 0.00167. The number of rotatable bonds is 7. The van der Waals surface area contributed by atoms with Gasteiger partial charge in [-0.25, -0.2) is 4.68 Å². The van der Waals surface area contributed by atoms with E-state index in [0.717, 1.165) is 10.6 Å². The molecule has 5 rings (SSSR count). The van der Waals surface area contributed by atoms with Crippen LogP contribution in [-0.4, -0.2) is 40.7 Å². The van der Waals surface area contributed by atoms with Crippen LogP contribution in [0.5, 0.6) is 11.5 Å². The van der Waals surface area contributed by atoms with Gasteiger partial charge in [0.1, 0.15) is 28.8 Å². The normalized spacial score (nSPS) is 14.4. The van der Waals surface area contributed by atoms with E-state index in [2.05, 4.69) is 0 Å². The zero-order valence-corrected chi connectivity index (χ0v) is 23.3. The lowest BCUT2D eigenvalue weighted by Crippen LogP contribution is -2.42. The number of aromatic nitrogens is 2. The third kappa shape index (κ3) is 5.36. The molecule has 0 spiro atoms. The molecule has 3 aromatic carbocycles. The van der Waals surface area contributed by atoms with E-state index in [1.807, 2.05) is 42.5 Å². The quantitative estimate of drug-likeness (QED) is 0.202. The molecule has 0 bridgehead atoms. The van der Waals surface area contributed by atoms with Gasteiger partial charge in [-0.05, 0) is 66.6 Å². The summed E-state index contributed by atoms with van der Waals surface area (Å²) in [4.78, 5) is 28.1. The van der Waals surface area contributed by atoms with E-state index in [-0.39, 0.29) is 17.7 Å². The Balaban J connectivity index is 1.63. The summed E-state index contributed by atoms with van der Waals surface area (Å²) in [5, 5.41) is 15.1. The van der Waals surface area contributed by atoms with Gasteiger partial charge in [0.15, 0.2) is 0 Å². The number of halogens is 1. The average Bonchev–Trinajstić information content (AvgIpc) is 3.42. The summed E-state index contributed by atoms with van der Waals surface area (Å²) < 4.78 is 12.2. The molecule has 0 atom stereocenters. The topological polar surface area (TPSA) is 97.5 Å². The average molecular weight is 565 g/mol. The molecule has 8 nitrogen and oxygen atoms in total. The van der Waals surface area contributed by atoms with Crippen molar-refractivity contribution < 1.29 is 19.1 Å². The summed E-state index contributed by atoms with van der Waals surface area (Å²) in [6.45, 7) is 1.61. The minimum atomic E-state index is -0.634. The van der Waals surface area contributed by atoms with Gasteiger partial charge in [-0.1, -0.05) is 41.9 Å². The van der Waals surface area contributed by atoms with Crippen LogP contribution in [0.15, 0.2) is 95.7 Å². The predicted octanol–water partition coefficient (Wildman–Crippen LogP) is 6.00. The third-order valence-corrected chi connectivity index (χ3v) is 7.11. The summed E-state index contributed by atoms with van der Waals surface area (Å²) in [6.07, 6.45) is 3.47. The summed E-state index contributed by atoms with van der Waals surface area (Å²) in [5.41, 5.74) is 3.84. The maximum Gasteiger partial charge on any atom is 0.271 e. The zero-order chi connectivity index (χ0) is 29.1. The van der Waals surface area contributed by atoms with Gasteiger partial charge in [-0.3, -0.25) is 14.5 Å². The van der Waals surface area contributed by atoms with Crippen LogP contribution in [0, 0.1) is 11.3 Å². The van der Waals surface area contributed by atoms with E-state index in [9.17, 15) is 14.9 Å². The molecule has 1 aliphatic heterocycles. The summed E-state index contributed by atoms with van der Waals surface area (Å²) in [7, 11) is 3.10. The molecule has 0 saturated carbocycles. The highest BCUT2D eigenvalue weighted by atomic mass is 35.5. The van der Waals surface area contributed by atoms with Gasteiger partial charge in [0, 0.05) is 22.9 Å². The number of carbonyl (C=O) groups is 2. The number of para-hydroxylation sites is 1. The van der Waals surface area contributed by atoms with Crippen LogP contribution in [0.2, 0.25) is 5.02 Å². The first-order chi connectivity index (χ1) is 19.8. The number of amides is 2. The van der Waals surface area contributed by atoms with E-state index in [1.165, 1.54) is 7.11 Å². The molecule has 4 aromatic rings. The molecule has 0 unspecified atom stereocenters. The summed E-state index contributed by atoms with van der Waals surface area (Å²) >= 11 is 6.44. The lowest BCUT2D eigenvalue weighted by Gasteiger charge is -2.27. The number of benzene rings is 3. The molecule has 0 saturated heterocycles. The monoisotopic (exact) mass is 564 g/mol. The van der Waals surface area contributed by atoms with Gasteiger partial charge in [0.2, 0.25) is 0 Å². The Morgan fingerprint density at radius 2 is 1.71 bits per heavy atom. The minimum Gasteiger partial charge on any atom is -0.497 e. The number of hydrogen-bond donors (Lipinski definition) is 0. The van der Waals surface area contributed by atoms with Crippen LogP contribution in [0.1, 0.15) is 18.1 Å². The van der Waals surface area contributed by atoms with Crippen molar-refractivity contribution in [1.29, 1.82) is 5.26 Å². The Morgan fingerprint density at radius 1 is 0.976 bits per heavy atom. The molecule has 2 amide bonds. The fraction of sp³-hybridized carbons (Fsp3) is 0.125. The van der Waals surface area contributed by atoms with Crippen molar-refractivity contribution in [3.8, 4) is 34.5 Å². The Morgan fingerprint density at radius 3 is 2.34 bits per heavy atom. The number of ether oxygens (including phenoxy) is 2. The van der Waals surface area contributed by atoms with E-state index >= 15 is 0 Å². The molecule has 0 aliphatic carbocycles. The van der Waals surface area contributed by atoms with Crippen LogP contribution < -0.4 is 9.47 Å². The Kier molecular flexibility index (Phi) is 7.72. The molecule has 0 radical (unpaired) electrons. The summed E-state index contributed by atoms with van der Waals surface area (Å²) in [6, 6.07) is 23.9. The lowest BCUT2D eigenvalue weighted by molar-refractivity contribution is -0.141. The lowest BCUT2D eigenvalue weighted by atomic mass is 9.93. The Labute approximate surface area is 242 Å². The second-order valence-corrected chi connectivity index (χ2v) is 9.68. The highest BCUT2D eigenvalue weighted by Crippen LogP contribution is 2.34. The van der Waals surface area contributed by atoms with Crippen molar-refractivity contribution >= 4 is 29.5 Å². The molecule has 2 heterocycles. The maximum atomic E-state index is 13.8. The molecule has 1 aromatic heterocycles. The number of nitriles is 1. The Bertz CT molecular complexity index is 1750. The van der Waals surface area contributed by atoms with Crippen LogP contribution >= 0.6 is 11.6 Å². The van der Waals surface area contributed by atoms with E-state index in [1.54, 1.807) is 67.4 Å². The SMILES string of the molecule is COc1ccc(CN2C(=O)C(C#N)=C(C)/C(=C\c3cn(-c4ccccc4)nc3-c3ccc(OC)c(Cl)c3)C2=O)cc1. The van der Waals surface area contributed by atoms with Gasteiger partial charge in [0.05, 0.1) is 31.5 Å². The molecule has 0 fully saturated rings. The van der Waals surface area contributed by atoms with Crippen LogP contribution in [0.4, 0.5) is 0 Å². The first-order valence-corrected chi connectivity index (χ1v) is 13.0. The number of carbonyl (C=O) groups excluding carboxylic acids is 2. The van der Waals surface area contributed by atoms with Crippen molar-refractivity contribution in [2.45, 2.75) is 13.5 Å². The van der Waals surface area contributed by atoms with E-state index < -0.39 is 11.8 Å². The highest BCUT2D eigenvalue weighted by Gasteiger charge is 2.35. The van der Waals surface area contributed by atoms with Gasteiger partial charge in [-0.15, -0.1) is 0 Å². The largest absolute Gasteiger partial charge is 0.497 e. The van der Waals surface area contributed by atoms with Gasteiger partial charge in [0.25, 0.3) is 11.8 Å². The second kappa shape index (κ2) is 11.5. The molecule has 41 heavy (non-hydrogen) atoms. The fourth-order valence-corrected chi connectivity index (χ4v) is 4.84. The van der Waals surface area contributed by atoms with Crippen molar-refractivity contribution in [2.75, 3.05) is 14.2 Å². The molecular formula is C32H25ClN4O4. The smallest absolute Gasteiger partial charge is 0.271 e. The van der Waals surface area contributed by atoms with Crippen molar-refractivity contribution in [2.24, 2.45) is 0 Å². The fourth-order valence-electron chi connectivity index (χ4n) is 4.59. The molecular weight excluding hydrogens is 540 g/mol. The van der Waals surface area contributed by atoms with Crippen molar-refractivity contribution in [3.05, 3.63) is 112 Å². The zero-order valence-electron chi connectivity index (χ0n) is 22.6. The van der Waals surface area contributed by atoms with Crippen molar-refractivity contribution in [1.82, 2.24) is 14.7 Å². The van der Waals surface area contributed by atoms with Crippen molar-refractivity contribution in [3.63, 3.8) is 0 Å². The number of nitrogens with zero attached hydrogens (tertiary/aromatic N) is 4. The van der Waals surface area contributed by atoms with Crippen LogP contribution in [0.3, 0.4) is 0 Å². The van der Waals surface area contributed by atoms with Gasteiger partial charge in [-0.2, -0.15) is 10.4 Å². The number of imide groups is 1. The van der Waals surface area contributed by atoms with Crippen LogP contribution in [0.25, 0.3) is 23.0 Å². The van der Waals surface area contributed by atoms with Gasteiger partial charge >= 0.3 is 0 Å². The van der Waals surface area contributed by atoms with Gasteiger partial charge < -0.3 is 9.47 Å². The van der Waals surface area contributed by atoms with E-state index in [0.29, 0.717) is 44.5 Å². The third-order valence-electron chi connectivity index (χ3n) is 6.81. The summed E-state index contributed by atoms with van der Waals surface area (Å²) in [5.74, 6) is 0.0321. The number of hydrogen-bond acceptors (Lipinski definition) is 6. The molecule has 9 heteroatoms. The standard InChI is InChI=1S/C32H25ClN4O4/c1-20-26(31(38)36(32(39)27(20)17-34)18-21-9-12-25(40-2)13-10-21)15-23-19-37(24-7-5-4-6-8-24)35-30(23)22-11-14-29(41-3)28(33)16-22/h4-16,19H,18H2,1-3H3/b26-15+. The Hall–Kier alpha value is -5.13. The van der Waals surface area contributed by atoms with E-state index in [4.69, 9.17) is 26.2 Å². The number of methoxy groups -OCH3 is 2. The molecule has 1 aliphatic rings. The second-order valence-electron chi connectivity index (χ2n) is 9.28. The van der Waals surface area contributed by atoms with Crippen LogP contribution in [-0.2, 0) is 16.1 Å². The molecule has 0 N–H and O–H groups in total.